The fourth-order valence-electron chi connectivity index (χ4n) is 3.09. The second-order valence-electron chi connectivity index (χ2n) is 5.69. The Labute approximate surface area is 110 Å². The topological polar surface area (TPSA) is 43.8 Å². The van der Waals surface area contributed by atoms with Crippen molar-refractivity contribution in [1.29, 1.82) is 0 Å². The first-order chi connectivity index (χ1) is 8.70. The van der Waals surface area contributed by atoms with E-state index < -0.39 is 5.97 Å². The number of aliphatic carboxylic acids is 1. The highest BCUT2D eigenvalue weighted by atomic mass is 16.4. The molecule has 4 nitrogen and oxygen atoms in total. The zero-order chi connectivity index (χ0) is 13.0. The molecule has 1 saturated heterocycles. The lowest BCUT2D eigenvalue weighted by molar-refractivity contribution is -0.137. The van der Waals surface area contributed by atoms with E-state index in [9.17, 15) is 4.79 Å². The molecule has 1 N–H and O–H groups in total. The summed E-state index contributed by atoms with van der Waals surface area (Å²) >= 11 is 0. The van der Waals surface area contributed by atoms with Crippen LogP contribution in [0.2, 0.25) is 0 Å². The Balaban J connectivity index is 1.79. The van der Waals surface area contributed by atoms with Crippen molar-refractivity contribution < 1.29 is 9.90 Å². The Bertz CT molecular complexity index is 271. The molecule has 2 rings (SSSR count). The van der Waals surface area contributed by atoms with E-state index in [1.54, 1.807) is 0 Å². The lowest BCUT2D eigenvalue weighted by atomic mass is 10.0. The van der Waals surface area contributed by atoms with Crippen LogP contribution in [0.3, 0.4) is 0 Å². The minimum absolute atomic E-state index is 0.297. The van der Waals surface area contributed by atoms with Gasteiger partial charge in [-0.05, 0) is 51.7 Å². The molecule has 1 saturated carbocycles. The average molecular weight is 254 g/mol. The molecular weight excluding hydrogens is 228 g/mol. The average Bonchev–Trinajstić information content (AvgIpc) is 3.16. The normalized spacial score (nSPS) is 22.6. The predicted molar refractivity (Wildman–Crippen MR) is 71.7 cm³/mol. The summed E-state index contributed by atoms with van der Waals surface area (Å²) < 4.78 is 0. The minimum Gasteiger partial charge on any atom is -0.481 e. The van der Waals surface area contributed by atoms with E-state index in [1.807, 2.05) is 0 Å². The molecule has 0 aromatic heterocycles. The third-order valence-corrected chi connectivity index (χ3v) is 4.17. The number of hydrogen-bond acceptors (Lipinski definition) is 3. The van der Waals surface area contributed by atoms with E-state index in [0.717, 1.165) is 6.54 Å². The van der Waals surface area contributed by atoms with Crippen molar-refractivity contribution in [3.05, 3.63) is 0 Å². The first-order valence-electron chi connectivity index (χ1n) is 7.40. The second kappa shape index (κ2) is 6.53. The van der Waals surface area contributed by atoms with Crippen molar-refractivity contribution in [2.45, 2.75) is 57.5 Å². The molecule has 0 bridgehead atoms. The standard InChI is InChI=1S/C14H26N2O2/c1-2-8-15-9-5-13(6-10-15)16(12-3-4-12)11-7-14(17)18/h12-13H,2-11H2,1H3,(H,17,18). The lowest BCUT2D eigenvalue weighted by Gasteiger charge is -2.38. The van der Waals surface area contributed by atoms with Crippen molar-refractivity contribution >= 4 is 5.97 Å². The fourth-order valence-corrected chi connectivity index (χ4v) is 3.09. The summed E-state index contributed by atoms with van der Waals surface area (Å²) in [6, 6.07) is 1.32. The van der Waals surface area contributed by atoms with Crippen molar-refractivity contribution in [3.8, 4) is 0 Å². The van der Waals surface area contributed by atoms with E-state index >= 15 is 0 Å². The van der Waals surface area contributed by atoms with Gasteiger partial charge in [-0.1, -0.05) is 6.92 Å². The van der Waals surface area contributed by atoms with Gasteiger partial charge in [0.25, 0.3) is 0 Å². The Kier molecular flexibility index (Phi) is 5.01. The zero-order valence-electron chi connectivity index (χ0n) is 11.5. The van der Waals surface area contributed by atoms with Crippen LogP contribution < -0.4 is 0 Å². The lowest BCUT2D eigenvalue weighted by Crippen LogP contribution is -2.46. The van der Waals surface area contributed by atoms with Crippen LogP contribution in [0.25, 0.3) is 0 Å². The van der Waals surface area contributed by atoms with Crippen molar-refractivity contribution in [1.82, 2.24) is 9.80 Å². The number of rotatable bonds is 7. The van der Waals surface area contributed by atoms with Gasteiger partial charge in [0.15, 0.2) is 0 Å². The van der Waals surface area contributed by atoms with Gasteiger partial charge in [0, 0.05) is 18.6 Å². The molecule has 0 aromatic rings. The number of carboxylic acid groups (broad SMARTS) is 1. The van der Waals surface area contributed by atoms with Gasteiger partial charge in [-0.2, -0.15) is 0 Å². The van der Waals surface area contributed by atoms with Gasteiger partial charge in [0.1, 0.15) is 0 Å². The minimum atomic E-state index is -0.663. The van der Waals surface area contributed by atoms with Gasteiger partial charge in [-0.15, -0.1) is 0 Å². The SMILES string of the molecule is CCCN1CCC(N(CCC(=O)O)C2CC2)CC1. The third-order valence-electron chi connectivity index (χ3n) is 4.17. The van der Waals surface area contributed by atoms with Crippen molar-refractivity contribution in [2.24, 2.45) is 0 Å². The molecule has 1 aliphatic carbocycles. The largest absolute Gasteiger partial charge is 0.481 e. The maximum absolute atomic E-state index is 10.7. The van der Waals surface area contributed by atoms with Gasteiger partial charge in [0.05, 0.1) is 6.42 Å². The molecule has 4 heteroatoms. The van der Waals surface area contributed by atoms with E-state index in [2.05, 4.69) is 16.7 Å². The Morgan fingerprint density at radius 1 is 1.22 bits per heavy atom. The third kappa shape index (κ3) is 3.95. The van der Waals surface area contributed by atoms with Crippen LogP contribution in [0.4, 0.5) is 0 Å². The first-order valence-corrected chi connectivity index (χ1v) is 7.40. The number of carboxylic acids is 1. The second-order valence-corrected chi connectivity index (χ2v) is 5.69. The fraction of sp³-hybridized carbons (Fsp3) is 0.929. The molecule has 0 spiro atoms. The van der Waals surface area contributed by atoms with Crippen molar-refractivity contribution in [3.63, 3.8) is 0 Å². The molecule has 0 aromatic carbocycles. The molecule has 0 atom stereocenters. The zero-order valence-corrected chi connectivity index (χ0v) is 11.5. The maximum Gasteiger partial charge on any atom is 0.304 e. The highest BCUT2D eigenvalue weighted by molar-refractivity contribution is 5.66. The van der Waals surface area contributed by atoms with Gasteiger partial charge in [-0.25, -0.2) is 0 Å². The predicted octanol–water partition coefficient (Wildman–Crippen LogP) is 1.80. The Morgan fingerprint density at radius 3 is 2.33 bits per heavy atom. The van der Waals surface area contributed by atoms with Crippen LogP contribution >= 0.6 is 0 Å². The van der Waals surface area contributed by atoms with Crippen LogP contribution in [-0.2, 0) is 4.79 Å². The van der Waals surface area contributed by atoms with Crippen LogP contribution in [0, 0.1) is 0 Å². The number of nitrogens with zero attached hydrogens (tertiary/aromatic N) is 2. The van der Waals surface area contributed by atoms with E-state index in [-0.39, 0.29) is 0 Å². The molecule has 1 aliphatic heterocycles. The number of piperidine rings is 1. The number of likely N-dealkylation sites (tertiary alicyclic amines) is 1. The summed E-state index contributed by atoms with van der Waals surface area (Å²) in [4.78, 5) is 15.8. The number of hydrogen-bond donors (Lipinski definition) is 1. The summed E-state index contributed by atoms with van der Waals surface area (Å²) in [6.45, 7) is 6.57. The maximum atomic E-state index is 10.7. The molecule has 2 fully saturated rings. The van der Waals surface area contributed by atoms with E-state index in [0.29, 0.717) is 18.5 Å². The summed E-state index contributed by atoms with van der Waals surface area (Å²) in [6.07, 6.45) is 6.51. The molecule has 0 radical (unpaired) electrons. The smallest absolute Gasteiger partial charge is 0.304 e. The molecule has 0 unspecified atom stereocenters. The summed E-state index contributed by atoms with van der Waals surface area (Å²) in [7, 11) is 0. The van der Waals surface area contributed by atoms with Gasteiger partial charge >= 0.3 is 5.97 Å². The van der Waals surface area contributed by atoms with Crippen LogP contribution in [0.15, 0.2) is 0 Å². The highest BCUT2D eigenvalue weighted by Crippen LogP contribution is 2.31. The molecule has 1 heterocycles. The molecule has 104 valence electrons. The molecule has 0 amide bonds. The highest BCUT2D eigenvalue weighted by Gasteiger charge is 2.35. The van der Waals surface area contributed by atoms with Gasteiger partial charge < -0.3 is 10.0 Å². The molecule has 2 aliphatic rings. The molecular formula is C14H26N2O2. The summed E-state index contributed by atoms with van der Waals surface area (Å²) in [5.41, 5.74) is 0. The van der Waals surface area contributed by atoms with E-state index in [1.165, 1.54) is 51.7 Å². The Morgan fingerprint density at radius 2 is 1.83 bits per heavy atom. The summed E-state index contributed by atoms with van der Waals surface area (Å²) in [5.74, 6) is -0.663. The van der Waals surface area contributed by atoms with Crippen LogP contribution in [0.5, 0.6) is 0 Å². The first kappa shape index (κ1) is 13.8. The Hall–Kier alpha value is -0.610. The van der Waals surface area contributed by atoms with Crippen LogP contribution in [0.1, 0.15) is 45.4 Å². The quantitative estimate of drug-likeness (QED) is 0.752. The summed E-state index contributed by atoms with van der Waals surface area (Å²) in [5, 5.41) is 8.84. The molecule has 18 heavy (non-hydrogen) atoms. The van der Waals surface area contributed by atoms with E-state index in [4.69, 9.17) is 5.11 Å². The number of carbonyl (C=O) groups is 1. The van der Waals surface area contributed by atoms with Gasteiger partial charge in [-0.3, -0.25) is 9.69 Å². The van der Waals surface area contributed by atoms with Gasteiger partial charge in [0.2, 0.25) is 0 Å². The monoisotopic (exact) mass is 254 g/mol. The van der Waals surface area contributed by atoms with Crippen LogP contribution in [-0.4, -0.2) is 59.1 Å². The van der Waals surface area contributed by atoms with Crippen molar-refractivity contribution in [2.75, 3.05) is 26.2 Å².